The van der Waals surface area contributed by atoms with Crippen molar-refractivity contribution in [1.82, 2.24) is 4.98 Å². The van der Waals surface area contributed by atoms with Crippen LogP contribution in [0.2, 0.25) is 0 Å². The number of H-pyrrole nitrogens is 1. The quantitative estimate of drug-likeness (QED) is 0.507. The Balaban J connectivity index is 2.17. The molecule has 1 aliphatic carbocycles. The monoisotopic (exact) mass is 429 g/mol. The number of hydrogen-bond donors (Lipinski definition) is 1. The Labute approximate surface area is 182 Å². The van der Waals surface area contributed by atoms with Crippen molar-refractivity contribution in [2.45, 2.75) is 39.5 Å². The van der Waals surface area contributed by atoms with E-state index in [9.17, 15) is 9.59 Å². The van der Waals surface area contributed by atoms with E-state index in [-0.39, 0.29) is 11.5 Å². The molecule has 1 unspecified atom stereocenters. The molecule has 2 aromatic rings. The number of esters is 1. The Morgan fingerprint density at radius 3 is 2.52 bits per heavy atom. The van der Waals surface area contributed by atoms with E-state index < -0.39 is 11.5 Å². The molecule has 168 valence electrons. The minimum atomic E-state index is -0.618. The number of ether oxygens (including phenoxy) is 4. The van der Waals surface area contributed by atoms with Gasteiger partial charge in [0.2, 0.25) is 0 Å². The summed E-state index contributed by atoms with van der Waals surface area (Å²) in [6.45, 7) is 7.26. The zero-order chi connectivity index (χ0) is 22.7. The summed E-state index contributed by atoms with van der Waals surface area (Å²) in [5.41, 5.74) is 3.99. The number of aromatic amines is 1. The fourth-order valence-corrected chi connectivity index (χ4v) is 4.33. The summed E-state index contributed by atoms with van der Waals surface area (Å²) in [7, 11) is 4.55. The maximum absolute atomic E-state index is 12.8. The summed E-state index contributed by atoms with van der Waals surface area (Å²) >= 11 is 0. The highest BCUT2D eigenvalue weighted by Gasteiger charge is 2.33. The van der Waals surface area contributed by atoms with E-state index in [1.54, 1.807) is 14.2 Å². The second kappa shape index (κ2) is 9.56. The maximum atomic E-state index is 12.8. The summed E-state index contributed by atoms with van der Waals surface area (Å²) < 4.78 is 21.5. The van der Waals surface area contributed by atoms with Gasteiger partial charge in [-0.15, -0.1) is 0 Å². The molecule has 31 heavy (non-hydrogen) atoms. The normalized spacial score (nSPS) is 14.7. The van der Waals surface area contributed by atoms with Crippen LogP contribution < -0.4 is 15.0 Å². The lowest BCUT2D eigenvalue weighted by Crippen LogP contribution is -2.28. The minimum Gasteiger partial charge on any atom is -0.493 e. The molecule has 7 nitrogen and oxygen atoms in total. The van der Waals surface area contributed by atoms with Crippen LogP contribution >= 0.6 is 0 Å². The molecule has 0 saturated carbocycles. The van der Waals surface area contributed by atoms with Gasteiger partial charge in [-0.1, -0.05) is 13.8 Å². The third kappa shape index (κ3) is 4.32. The second-order valence-electron chi connectivity index (χ2n) is 8.14. The van der Waals surface area contributed by atoms with Gasteiger partial charge in [-0.3, -0.25) is 4.79 Å². The number of carbonyl (C=O) groups is 1. The highest BCUT2D eigenvalue weighted by atomic mass is 16.5. The summed E-state index contributed by atoms with van der Waals surface area (Å²) in [6.07, 6.45) is 1.54. The van der Waals surface area contributed by atoms with E-state index >= 15 is 0 Å². The topological polar surface area (TPSA) is 86.9 Å². The second-order valence-corrected chi connectivity index (χ2v) is 8.14. The van der Waals surface area contributed by atoms with E-state index in [1.807, 2.05) is 19.1 Å². The lowest BCUT2D eigenvalue weighted by Gasteiger charge is -2.32. The van der Waals surface area contributed by atoms with Crippen molar-refractivity contribution in [2.24, 2.45) is 5.92 Å². The van der Waals surface area contributed by atoms with Crippen LogP contribution in [0.4, 0.5) is 0 Å². The van der Waals surface area contributed by atoms with E-state index in [1.165, 1.54) is 7.11 Å². The van der Waals surface area contributed by atoms with Crippen molar-refractivity contribution in [3.8, 4) is 22.8 Å². The van der Waals surface area contributed by atoms with Crippen molar-refractivity contribution in [3.05, 3.63) is 44.7 Å². The first-order valence-electron chi connectivity index (χ1n) is 10.5. The molecule has 0 fully saturated rings. The van der Waals surface area contributed by atoms with Gasteiger partial charge in [0.15, 0.2) is 11.5 Å². The molecular weight excluding hydrogens is 398 g/mol. The lowest BCUT2D eigenvalue weighted by molar-refractivity contribution is 0.0597. The minimum absolute atomic E-state index is 0.0698. The Morgan fingerprint density at radius 1 is 1.16 bits per heavy atom. The molecule has 1 aromatic carbocycles. The highest BCUT2D eigenvalue weighted by Crippen LogP contribution is 2.46. The van der Waals surface area contributed by atoms with E-state index in [4.69, 9.17) is 18.9 Å². The highest BCUT2D eigenvalue weighted by molar-refractivity contribution is 5.92. The van der Waals surface area contributed by atoms with Crippen molar-refractivity contribution < 1.29 is 23.7 Å². The predicted molar refractivity (Wildman–Crippen MR) is 118 cm³/mol. The molecule has 1 aromatic heterocycles. The first-order chi connectivity index (χ1) is 14.8. The zero-order valence-electron chi connectivity index (χ0n) is 19.1. The lowest BCUT2D eigenvalue weighted by atomic mass is 9.73. The smallest absolute Gasteiger partial charge is 0.343 e. The molecule has 3 rings (SSSR count). The number of nitrogens with one attached hydrogen (secondary N) is 1. The molecule has 0 aliphatic heterocycles. The summed E-state index contributed by atoms with van der Waals surface area (Å²) in [6, 6.07) is 3.91. The Kier molecular flexibility index (Phi) is 7.05. The van der Waals surface area contributed by atoms with E-state index in [0.717, 1.165) is 35.2 Å². The van der Waals surface area contributed by atoms with Gasteiger partial charge in [-0.25, -0.2) is 4.79 Å². The molecule has 0 spiro atoms. The Morgan fingerprint density at radius 2 is 1.90 bits per heavy atom. The van der Waals surface area contributed by atoms with Crippen LogP contribution in [0, 0.1) is 12.8 Å². The van der Waals surface area contributed by atoms with Crippen LogP contribution in [-0.4, -0.2) is 45.5 Å². The fraction of sp³-hybridized carbons (Fsp3) is 0.500. The number of aromatic nitrogens is 1. The molecule has 1 N–H and O–H groups in total. The third-order valence-corrected chi connectivity index (χ3v) is 5.93. The predicted octanol–water partition coefficient (Wildman–Crippen LogP) is 3.86. The fourth-order valence-electron chi connectivity index (χ4n) is 4.33. The third-order valence-electron chi connectivity index (χ3n) is 5.93. The Bertz CT molecular complexity index is 1020. The van der Waals surface area contributed by atoms with Crippen LogP contribution in [0.5, 0.6) is 11.5 Å². The van der Waals surface area contributed by atoms with Gasteiger partial charge in [0.1, 0.15) is 5.56 Å². The number of benzene rings is 1. The summed E-state index contributed by atoms with van der Waals surface area (Å²) in [5.74, 6) is 1.09. The molecule has 7 heteroatoms. The van der Waals surface area contributed by atoms with Crippen LogP contribution in [0.15, 0.2) is 16.9 Å². The summed E-state index contributed by atoms with van der Waals surface area (Å²) in [4.78, 5) is 28.0. The zero-order valence-corrected chi connectivity index (χ0v) is 19.1. The van der Waals surface area contributed by atoms with Crippen LogP contribution in [0.1, 0.15) is 53.2 Å². The molecule has 1 atom stereocenters. The van der Waals surface area contributed by atoms with Gasteiger partial charge in [-0.2, -0.15) is 0 Å². The van der Waals surface area contributed by atoms with Gasteiger partial charge >= 0.3 is 5.97 Å². The number of hydrogen-bond acceptors (Lipinski definition) is 6. The molecule has 0 saturated heterocycles. The SMILES string of the molecule is COCCCOc1cc2c(cc1OC)-c1[nH]c(=O)c(C(=O)OC)c(C)c1C(C(C)C)C2. The van der Waals surface area contributed by atoms with Crippen molar-refractivity contribution in [3.63, 3.8) is 0 Å². The van der Waals surface area contributed by atoms with E-state index in [0.29, 0.717) is 36.2 Å². The molecular formula is C24H31NO6. The first kappa shape index (κ1) is 22.9. The number of fused-ring (bicyclic) bond motifs is 3. The number of methoxy groups -OCH3 is 3. The standard InChI is InChI=1S/C24H31NO6/c1-13(2)16-10-15-11-19(31-9-7-8-28-4)18(29-5)12-17(15)22-20(16)14(3)21(23(26)25-22)24(27)30-6/h11-13,16H,7-10H2,1-6H3,(H,25,26). The molecule has 1 heterocycles. The number of carbonyl (C=O) groups excluding carboxylic acids is 1. The van der Waals surface area contributed by atoms with Gasteiger partial charge in [0.25, 0.3) is 5.56 Å². The van der Waals surface area contributed by atoms with Gasteiger partial charge in [0, 0.05) is 25.7 Å². The van der Waals surface area contributed by atoms with Crippen LogP contribution in [-0.2, 0) is 15.9 Å². The first-order valence-corrected chi connectivity index (χ1v) is 10.5. The van der Waals surface area contributed by atoms with Crippen LogP contribution in [0.25, 0.3) is 11.3 Å². The molecule has 0 radical (unpaired) electrons. The van der Waals surface area contributed by atoms with Crippen molar-refractivity contribution >= 4 is 5.97 Å². The molecule has 0 amide bonds. The number of pyridine rings is 1. The van der Waals surface area contributed by atoms with Gasteiger partial charge in [0.05, 0.1) is 26.5 Å². The van der Waals surface area contributed by atoms with Gasteiger partial charge in [-0.05, 0) is 54.0 Å². The van der Waals surface area contributed by atoms with Crippen molar-refractivity contribution in [1.29, 1.82) is 0 Å². The molecule has 0 bridgehead atoms. The van der Waals surface area contributed by atoms with E-state index in [2.05, 4.69) is 18.8 Å². The molecule has 1 aliphatic rings. The average Bonchev–Trinajstić information content (AvgIpc) is 2.75. The van der Waals surface area contributed by atoms with Gasteiger partial charge < -0.3 is 23.9 Å². The van der Waals surface area contributed by atoms with Crippen LogP contribution in [0.3, 0.4) is 0 Å². The number of rotatable bonds is 8. The summed E-state index contributed by atoms with van der Waals surface area (Å²) in [5, 5.41) is 0. The van der Waals surface area contributed by atoms with Crippen molar-refractivity contribution in [2.75, 3.05) is 34.5 Å². The average molecular weight is 430 g/mol. The maximum Gasteiger partial charge on any atom is 0.343 e. The Hall–Kier alpha value is -2.80. The largest absolute Gasteiger partial charge is 0.493 e.